The van der Waals surface area contributed by atoms with Crippen LogP contribution in [0, 0.1) is 6.92 Å². The van der Waals surface area contributed by atoms with Gasteiger partial charge in [0.1, 0.15) is 0 Å². The fraction of sp³-hybridized carbons (Fsp3) is 0. The predicted octanol–water partition coefficient (Wildman–Crippen LogP) is -2.98. The van der Waals surface area contributed by atoms with Crippen LogP contribution in [-0.2, 0) is 4.79 Å². The van der Waals surface area contributed by atoms with Crippen LogP contribution in [0.25, 0.3) is 0 Å². The van der Waals surface area contributed by atoms with Crippen molar-refractivity contribution in [1.82, 2.24) is 0 Å². The molecule has 0 saturated heterocycles. The first-order valence-electron chi connectivity index (χ1n) is 0.644. The smallest absolute Gasteiger partial charge is 0.343 e. The van der Waals surface area contributed by atoms with E-state index in [2.05, 4.69) is 6.92 Å². The minimum absolute atomic E-state index is 0. The topological polar surface area (TPSA) is 17.1 Å². The van der Waals surface area contributed by atoms with Gasteiger partial charge in [-0.2, -0.15) is 0 Å². The van der Waals surface area contributed by atoms with Gasteiger partial charge >= 0.3 is 58.2 Å². The molecule has 0 aliphatic carbocycles. The molecule has 0 rings (SSSR count). The average Bonchev–Trinajstić information content (AvgIpc) is 0.918. The molecule has 0 aromatic carbocycles. The number of rotatable bonds is 0. The summed E-state index contributed by atoms with van der Waals surface area (Å²) in [4.78, 5) is 8.69. The molecule has 0 fully saturated rings. The summed E-state index contributed by atoms with van der Waals surface area (Å²) in [6.45, 7) is 2.81. The van der Waals surface area contributed by atoms with Crippen LogP contribution in [0.2, 0.25) is 0 Å². The van der Waals surface area contributed by atoms with E-state index in [1.165, 1.54) is 0 Å². The second-order valence-electron chi connectivity index (χ2n) is 0.167. The molecule has 0 aliphatic heterocycles. The van der Waals surface area contributed by atoms with Crippen molar-refractivity contribution in [2.24, 2.45) is 0 Å². The van der Waals surface area contributed by atoms with Crippen LogP contribution in [0.15, 0.2) is 0 Å². The quantitative estimate of drug-likeness (QED) is 0.252. The van der Waals surface area contributed by atoms with Crippen LogP contribution in [0.3, 0.4) is 0 Å². The molecule has 0 atom stereocenters. The van der Waals surface area contributed by atoms with Gasteiger partial charge in [0.15, 0.2) is 0 Å². The summed E-state index contributed by atoms with van der Waals surface area (Å²) in [7, 11) is 0. The molecule has 0 spiro atoms. The minimum atomic E-state index is 0. The molecule has 1 nitrogen and oxygen atoms in total. The van der Waals surface area contributed by atoms with Crippen molar-refractivity contribution in [2.75, 3.05) is 0 Å². The summed E-state index contributed by atoms with van der Waals surface area (Å²) >= 11 is 0. The van der Waals surface area contributed by atoms with Crippen LogP contribution in [0.4, 0.5) is 0 Å². The predicted molar refractivity (Wildman–Crippen MR) is 11.4 cm³/mol. The zero-order chi connectivity index (χ0) is 2.71. The molecule has 18 valence electrons. The van der Waals surface area contributed by atoms with Crippen molar-refractivity contribution in [3.63, 3.8) is 0 Å². The Labute approximate surface area is 74.6 Å². The molecule has 0 aliphatic rings. The van der Waals surface area contributed by atoms with Gasteiger partial charge in [0.2, 0.25) is 0 Å². The van der Waals surface area contributed by atoms with Crippen molar-refractivity contribution < 1.29 is 63.0 Å². The maximum atomic E-state index is 8.69. The van der Waals surface area contributed by atoms with Crippen molar-refractivity contribution in [1.29, 1.82) is 0 Å². The fourth-order valence-electron chi connectivity index (χ4n) is 0. The van der Waals surface area contributed by atoms with Gasteiger partial charge in [-0.15, -0.1) is 0 Å². The molecule has 0 aromatic heterocycles. The number of carbonyl (C=O) groups is 1. The van der Waals surface area contributed by atoms with Gasteiger partial charge in [0.05, 0.1) is 0 Å². The molecule has 0 unspecified atom stereocenters. The summed E-state index contributed by atoms with van der Waals surface area (Å²) < 4.78 is 0. The number of aldehydes is 1. The van der Waals surface area contributed by atoms with Crippen molar-refractivity contribution in [3.8, 4) is 0 Å². The Morgan fingerprint density at radius 1 is 1.75 bits per heavy atom. The van der Waals surface area contributed by atoms with Crippen LogP contribution in [0.1, 0.15) is 0 Å². The third-order valence-electron chi connectivity index (χ3n) is 0. The van der Waals surface area contributed by atoms with Crippen LogP contribution in [-0.4, -0.2) is 6.29 Å². The van der Waals surface area contributed by atoms with Gasteiger partial charge in [-0.1, -0.05) is 0 Å². The summed E-state index contributed by atoms with van der Waals surface area (Å²) in [5.74, 6) is 0. The molecule has 0 bridgehead atoms. The van der Waals surface area contributed by atoms with Gasteiger partial charge in [0.25, 0.3) is 0 Å². The van der Waals surface area contributed by atoms with E-state index >= 15 is 0 Å². The Morgan fingerprint density at radius 2 is 1.75 bits per heavy atom. The second-order valence-corrected chi connectivity index (χ2v) is 0.167. The molecule has 0 radical (unpaired) electrons. The molecule has 4 heavy (non-hydrogen) atoms. The van der Waals surface area contributed by atoms with Gasteiger partial charge in [-0.25, -0.2) is 0 Å². The van der Waals surface area contributed by atoms with E-state index in [0.29, 0.717) is 6.29 Å². The number of carbonyl (C=O) groups excluding carboxylic acids is 1. The van der Waals surface area contributed by atoms with E-state index in [4.69, 9.17) is 4.79 Å². The average molecular weight is 129 g/mol. The molecule has 0 amide bonds. The Bertz CT molecular complexity index is 13.5. The van der Waals surface area contributed by atoms with Crippen molar-refractivity contribution in [2.45, 2.75) is 0 Å². The van der Waals surface area contributed by atoms with Crippen molar-refractivity contribution in [3.05, 3.63) is 6.92 Å². The van der Waals surface area contributed by atoms with Crippen LogP contribution in [0.5, 0.6) is 0 Å². The van der Waals surface area contributed by atoms with E-state index in [1.54, 1.807) is 0 Å². The molecule has 0 N–H and O–H groups in total. The second kappa shape index (κ2) is 8.84. The summed E-state index contributed by atoms with van der Waals surface area (Å²) in [5, 5.41) is 0. The Kier molecular flexibility index (Phi) is 19.9. The zero-order valence-corrected chi connectivity index (χ0v) is 7.61. The third kappa shape index (κ3) is 10.2. The van der Waals surface area contributed by atoms with Crippen molar-refractivity contribution >= 4 is 6.29 Å². The van der Waals surface area contributed by atoms with Gasteiger partial charge in [-0.3, -0.25) is 0 Å². The Balaban J connectivity index is 0. The number of hydrogen-bond acceptors (Lipinski definition) is 1. The maximum absolute atomic E-state index is 8.69. The fourth-order valence-corrected chi connectivity index (χ4v) is 0. The molecule has 2 heteroatoms. The van der Waals surface area contributed by atoms with E-state index < -0.39 is 0 Å². The summed E-state index contributed by atoms with van der Waals surface area (Å²) in [6.07, 6.45) is 0.500. The Morgan fingerprint density at radius 3 is 1.75 bits per heavy atom. The summed E-state index contributed by atoms with van der Waals surface area (Å²) in [6, 6.07) is 0. The maximum Gasteiger partial charge on any atom is 1.00 e. The van der Waals surface area contributed by atoms with Gasteiger partial charge in [0, 0.05) is 0 Å². The molecule has 0 saturated carbocycles. The van der Waals surface area contributed by atoms with E-state index in [0.717, 1.165) is 0 Å². The first kappa shape index (κ1) is 9.02. The van der Waals surface area contributed by atoms with E-state index in [-0.39, 0.29) is 58.2 Å². The van der Waals surface area contributed by atoms with Crippen LogP contribution >= 0.6 is 0 Å². The normalized spacial score (nSPS) is 3.00. The van der Waals surface area contributed by atoms with Crippen LogP contribution < -0.4 is 58.2 Å². The third-order valence-corrected chi connectivity index (χ3v) is 0. The standard InChI is InChI=1S/C2H3O.Rb/c1-2-3;/h2H,1H2;/q-1;+1. The largest absolute Gasteiger partial charge is 1.00 e. The molecule has 0 aromatic rings. The SMILES string of the molecule is [CH2-]C=O.[Rb+]. The Hall–Kier alpha value is 1.35. The first-order valence-corrected chi connectivity index (χ1v) is 0.644. The van der Waals surface area contributed by atoms with E-state index in [9.17, 15) is 0 Å². The summed E-state index contributed by atoms with van der Waals surface area (Å²) in [5.41, 5.74) is 0. The first-order chi connectivity index (χ1) is 1.41. The molecular formula is C2H3ORb. The minimum Gasteiger partial charge on any atom is -0.343 e. The van der Waals surface area contributed by atoms with Gasteiger partial charge in [-0.05, 0) is 6.29 Å². The van der Waals surface area contributed by atoms with Gasteiger partial charge < -0.3 is 11.7 Å². The number of hydrogen-bond donors (Lipinski definition) is 0. The zero-order valence-electron chi connectivity index (χ0n) is 2.69. The monoisotopic (exact) mass is 128 g/mol. The molecule has 0 heterocycles. The van der Waals surface area contributed by atoms with E-state index in [1.807, 2.05) is 0 Å². The molecular weight excluding hydrogens is 125 g/mol.